The van der Waals surface area contributed by atoms with Crippen molar-refractivity contribution in [2.75, 3.05) is 6.54 Å². The SMILES string of the molecule is O=C(N/C(C=C1CCC(c2ccccc2CN2CCCCC2=O)CC1)=C\c1ccc(Cl)cc1)c1cc(=O)c2cc(OC(F)(F)F)ccc2o1. The molecule has 11 heteroatoms. The molecule has 0 radical (unpaired) electrons. The van der Waals surface area contributed by atoms with Crippen LogP contribution in [0.3, 0.4) is 0 Å². The third-order valence-corrected chi connectivity index (χ3v) is 9.12. The predicted octanol–water partition coefficient (Wildman–Crippen LogP) is 8.91. The van der Waals surface area contributed by atoms with Crippen LogP contribution in [-0.2, 0) is 11.3 Å². The van der Waals surface area contributed by atoms with Crippen molar-refractivity contribution in [3.63, 3.8) is 0 Å². The number of likely N-dealkylation sites (tertiary alicyclic amines) is 1. The van der Waals surface area contributed by atoms with Crippen LogP contribution in [0.1, 0.15) is 78.1 Å². The van der Waals surface area contributed by atoms with E-state index in [1.165, 1.54) is 11.1 Å². The van der Waals surface area contributed by atoms with Crippen molar-refractivity contribution in [1.82, 2.24) is 10.2 Å². The van der Waals surface area contributed by atoms with Crippen LogP contribution in [0.25, 0.3) is 17.0 Å². The van der Waals surface area contributed by atoms with Crippen molar-refractivity contribution in [3.05, 3.63) is 128 Å². The fourth-order valence-electron chi connectivity index (χ4n) is 6.46. The second-order valence-electron chi connectivity index (χ2n) is 12.3. The zero-order chi connectivity index (χ0) is 34.5. The van der Waals surface area contributed by atoms with Crippen LogP contribution in [-0.4, -0.2) is 29.6 Å². The molecule has 6 rings (SSSR count). The highest BCUT2D eigenvalue weighted by Crippen LogP contribution is 2.38. The van der Waals surface area contributed by atoms with E-state index >= 15 is 0 Å². The van der Waals surface area contributed by atoms with E-state index in [0.717, 1.165) is 80.5 Å². The lowest BCUT2D eigenvalue weighted by Crippen LogP contribution is -2.35. The van der Waals surface area contributed by atoms with E-state index < -0.39 is 23.4 Å². The van der Waals surface area contributed by atoms with E-state index in [1.807, 2.05) is 35.2 Å². The molecule has 1 saturated carbocycles. The van der Waals surface area contributed by atoms with Gasteiger partial charge in [-0.3, -0.25) is 14.4 Å². The van der Waals surface area contributed by atoms with Crippen molar-refractivity contribution in [3.8, 4) is 5.75 Å². The Bertz CT molecular complexity index is 1970. The molecule has 7 nitrogen and oxygen atoms in total. The number of fused-ring (bicyclic) bond motifs is 1. The Balaban J connectivity index is 1.20. The highest BCUT2D eigenvalue weighted by Gasteiger charge is 2.31. The predicted molar refractivity (Wildman–Crippen MR) is 181 cm³/mol. The summed E-state index contributed by atoms with van der Waals surface area (Å²) < 4.78 is 47.6. The van der Waals surface area contributed by atoms with Crippen molar-refractivity contribution < 1.29 is 31.9 Å². The second kappa shape index (κ2) is 14.7. The van der Waals surface area contributed by atoms with Crippen LogP contribution in [0.2, 0.25) is 5.02 Å². The molecule has 0 unspecified atom stereocenters. The van der Waals surface area contributed by atoms with E-state index in [0.29, 0.717) is 29.6 Å². The van der Waals surface area contributed by atoms with E-state index in [4.69, 9.17) is 16.0 Å². The molecule has 4 aromatic rings. The first kappa shape index (κ1) is 34.0. The smallest absolute Gasteiger partial charge is 0.451 e. The Labute approximate surface area is 286 Å². The van der Waals surface area contributed by atoms with Crippen LogP contribution < -0.4 is 15.5 Å². The Morgan fingerprint density at radius 1 is 0.980 bits per heavy atom. The van der Waals surface area contributed by atoms with Gasteiger partial charge in [-0.05, 0) is 104 Å². The molecule has 1 saturated heterocycles. The molecule has 3 aromatic carbocycles. The fourth-order valence-corrected chi connectivity index (χ4v) is 6.59. The highest BCUT2D eigenvalue weighted by atomic mass is 35.5. The number of ether oxygens (including phenoxy) is 1. The van der Waals surface area contributed by atoms with Gasteiger partial charge in [-0.1, -0.05) is 53.6 Å². The molecule has 1 aliphatic carbocycles. The number of benzene rings is 3. The molecule has 1 aromatic heterocycles. The topological polar surface area (TPSA) is 88.9 Å². The average Bonchev–Trinajstić information content (AvgIpc) is 3.07. The monoisotopic (exact) mass is 690 g/mol. The maximum atomic E-state index is 13.4. The van der Waals surface area contributed by atoms with Crippen LogP contribution in [0.5, 0.6) is 5.75 Å². The number of rotatable bonds is 8. The molecular weight excluding hydrogens is 657 g/mol. The second-order valence-corrected chi connectivity index (χ2v) is 12.8. The molecule has 2 aliphatic rings. The van der Waals surface area contributed by atoms with Crippen LogP contribution in [0, 0.1) is 0 Å². The lowest BCUT2D eigenvalue weighted by Gasteiger charge is -2.30. The van der Waals surface area contributed by atoms with Crippen LogP contribution in [0.15, 0.2) is 99.4 Å². The first-order chi connectivity index (χ1) is 23.5. The maximum Gasteiger partial charge on any atom is 0.573 e. The van der Waals surface area contributed by atoms with Crippen LogP contribution in [0.4, 0.5) is 13.2 Å². The first-order valence-electron chi connectivity index (χ1n) is 16.2. The van der Waals surface area contributed by atoms with Crippen LogP contribution >= 0.6 is 11.6 Å². The number of carbonyl (C=O) groups is 2. The molecule has 2 heterocycles. The zero-order valence-electron chi connectivity index (χ0n) is 26.5. The summed E-state index contributed by atoms with van der Waals surface area (Å²) in [4.78, 5) is 40.7. The number of hydrogen-bond donors (Lipinski definition) is 1. The van der Waals surface area contributed by atoms with Gasteiger partial charge in [0.05, 0.1) is 5.39 Å². The third-order valence-electron chi connectivity index (χ3n) is 8.87. The van der Waals surface area contributed by atoms with E-state index in [9.17, 15) is 27.6 Å². The largest absolute Gasteiger partial charge is 0.573 e. The summed E-state index contributed by atoms with van der Waals surface area (Å²) in [5.74, 6) is -1.01. The van der Waals surface area contributed by atoms with E-state index in [2.05, 4.69) is 22.2 Å². The minimum absolute atomic E-state index is 0.0583. The van der Waals surface area contributed by atoms with Gasteiger partial charge in [0.25, 0.3) is 5.91 Å². The number of allylic oxidation sites excluding steroid dienone is 2. The summed E-state index contributed by atoms with van der Waals surface area (Å²) in [5, 5.41) is 3.26. The Hall–Kier alpha value is -4.83. The van der Waals surface area contributed by atoms with Crippen molar-refractivity contribution in [2.24, 2.45) is 0 Å². The molecule has 2 amide bonds. The van der Waals surface area contributed by atoms with Crippen molar-refractivity contribution in [2.45, 2.75) is 63.8 Å². The first-order valence-corrected chi connectivity index (χ1v) is 16.6. The molecule has 254 valence electrons. The minimum atomic E-state index is -4.92. The Morgan fingerprint density at radius 3 is 2.47 bits per heavy atom. The lowest BCUT2D eigenvalue weighted by atomic mass is 9.79. The number of nitrogens with zero attached hydrogens (tertiary/aromatic N) is 1. The third kappa shape index (κ3) is 8.80. The van der Waals surface area contributed by atoms with Crippen molar-refractivity contribution >= 4 is 40.5 Å². The Kier molecular flexibility index (Phi) is 10.2. The molecule has 0 bridgehead atoms. The highest BCUT2D eigenvalue weighted by molar-refractivity contribution is 6.30. The molecule has 2 fully saturated rings. The molecule has 1 N–H and O–H groups in total. The molecule has 49 heavy (non-hydrogen) atoms. The van der Waals surface area contributed by atoms with Gasteiger partial charge in [0.15, 0.2) is 11.2 Å². The number of amides is 2. The van der Waals surface area contributed by atoms with Gasteiger partial charge in [-0.15, -0.1) is 13.2 Å². The Morgan fingerprint density at radius 2 is 1.73 bits per heavy atom. The summed E-state index contributed by atoms with van der Waals surface area (Å²) in [6, 6.07) is 19.5. The number of nitrogens with one attached hydrogen (secondary N) is 1. The van der Waals surface area contributed by atoms with E-state index in [1.54, 1.807) is 18.2 Å². The number of carbonyl (C=O) groups excluding carboxylic acids is 2. The summed E-state index contributed by atoms with van der Waals surface area (Å²) in [5.41, 5.74) is 4.10. The summed E-state index contributed by atoms with van der Waals surface area (Å²) >= 11 is 6.08. The normalized spacial score (nSPS) is 17.3. The van der Waals surface area contributed by atoms with Gasteiger partial charge in [-0.25, -0.2) is 0 Å². The van der Waals surface area contributed by atoms with Gasteiger partial charge in [0.1, 0.15) is 11.3 Å². The number of alkyl halides is 3. The number of hydrogen-bond acceptors (Lipinski definition) is 5. The molecule has 0 atom stereocenters. The molecule has 1 aliphatic heterocycles. The minimum Gasteiger partial charge on any atom is -0.451 e. The fraction of sp³-hybridized carbons (Fsp3) is 0.289. The number of piperidine rings is 1. The van der Waals surface area contributed by atoms with E-state index in [-0.39, 0.29) is 22.6 Å². The van der Waals surface area contributed by atoms with Gasteiger partial charge in [0.2, 0.25) is 5.91 Å². The quantitative estimate of drug-likeness (QED) is 0.200. The molecule has 0 spiro atoms. The lowest BCUT2D eigenvalue weighted by molar-refractivity contribution is -0.274. The van der Waals surface area contributed by atoms with Gasteiger partial charge >= 0.3 is 6.36 Å². The van der Waals surface area contributed by atoms with Gasteiger partial charge < -0.3 is 19.4 Å². The number of halogens is 4. The summed E-state index contributed by atoms with van der Waals surface area (Å²) in [6.45, 7) is 1.42. The maximum absolute atomic E-state index is 13.4. The average molecular weight is 691 g/mol. The summed E-state index contributed by atoms with van der Waals surface area (Å²) in [6.07, 6.45) is 4.78. The zero-order valence-corrected chi connectivity index (χ0v) is 27.3. The molecular formula is C38H34ClF3N2O5. The standard InChI is InChI=1S/C38H34ClF3N2O5/c39-28-14-10-25(11-15-28)20-29(43-37(47)35-22-33(45)32-21-30(49-38(40,41)42)16-17-34(32)48-35)19-24-8-12-26(13-9-24)31-6-2-1-5-27(31)23-44-18-4-3-7-36(44)46/h1-2,5-6,10-11,14-17,19-22,26H,3-4,7-9,12-13,18,23H2,(H,43,47)/b24-19?,29-20-. The van der Waals surface area contributed by atoms with Crippen molar-refractivity contribution in [1.29, 1.82) is 0 Å². The van der Waals surface area contributed by atoms with Gasteiger partial charge in [0, 0.05) is 36.3 Å². The summed E-state index contributed by atoms with van der Waals surface area (Å²) in [7, 11) is 0. The van der Waals surface area contributed by atoms with Gasteiger partial charge in [-0.2, -0.15) is 0 Å².